The van der Waals surface area contributed by atoms with Crippen LogP contribution in [0.1, 0.15) is 309 Å². The third-order valence-corrected chi connectivity index (χ3v) is 14.6. The highest BCUT2D eigenvalue weighted by atomic mass is 31.2. The largest absolute Gasteiger partial charge is 0.472 e. The first-order valence-corrected chi connectivity index (χ1v) is 31.3. The molecule has 406 valence electrons. The number of phosphoric ester groups is 1. The molecule has 2 atom stereocenters. The topological polar surface area (TPSA) is 108 Å². The van der Waals surface area contributed by atoms with Gasteiger partial charge in [0.2, 0.25) is 0 Å². The number of phosphoric acid groups is 1. The number of nitrogens with zero attached hydrogens (tertiary/aromatic N) is 1. The smallest absolute Gasteiger partial charge is 0.462 e. The average molecular weight is 988 g/mol. The zero-order valence-electron chi connectivity index (χ0n) is 46.1. The standard InChI is InChI=1S/C58H116NO8P/c1-6-8-10-12-14-16-18-19-20-21-22-23-24-25-26-27-28-29-30-31-32-33-34-35-36-37-38-39-41-43-45-47-49-51-58(61)67-56(55-66-68(62,63)65-53-52-59(3,4)5)54-64-57(60)50-48-46-44-42-40-17-15-13-11-9-7-2/h56H,6-55H2,1-5H3/p+1. The van der Waals surface area contributed by atoms with Crippen LogP contribution in [0.2, 0.25) is 0 Å². The lowest BCUT2D eigenvalue weighted by atomic mass is 10.0. The molecule has 0 aromatic heterocycles. The number of hydrogen-bond acceptors (Lipinski definition) is 7. The van der Waals surface area contributed by atoms with E-state index < -0.39 is 26.5 Å². The van der Waals surface area contributed by atoms with Crippen molar-refractivity contribution in [1.82, 2.24) is 0 Å². The number of esters is 2. The molecule has 0 rings (SSSR count). The van der Waals surface area contributed by atoms with Gasteiger partial charge in [0.25, 0.3) is 0 Å². The number of carbonyl (C=O) groups is 2. The molecule has 0 aromatic carbocycles. The van der Waals surface area contributed by atoms with Crippen LogP contribution in [0.25, 0.3) is 0 Å². The van der Waals surface area contributed by atoms with E-state index in [-0.39, 0.29) is 25.6 Å². The van der Waals surface area contributed by atoms with Crippen LogP contribution in [0, 0.1) is 0 Å². The van der Waals surface area contributed by atoms with Gasteiger partial charge in [0.05, 0.1) is 27.7 Å². The zero-order valence-corrected chi connectivity index (χ0v) is 47.0. The fourth-order valence-electron chi connectivity index (χ4n) is 9.02. The maximum Gasteiger partial charge on any atom is 0.472 e. The van der Waals surface area contributed by atoms with Crippen LogP contribution in [0.4, 0.5) is 0 Å². The first kappa shape index (κ1) is 67.0. The summed E-state index contributed by atoms with van der Waals surface area (Å²) in [5, 5.41) is 0. The molecule has 0 aliphatic carbocycles. The Morgan fingerprint density at radius 1 is 0.397 bits per heavy atom. The summed E-state index contributed by atoms with van der Waals surface area (Å²) in [6.07, 6.45) is 57.8. The van der Waals surface area contributed by atoms with E-state index in [4.69, 9.17) is 18.5 Å². The molecule has 2 unspecified atom stereocenters. The summed E-state index contributed by atoms with van der Waals surface area (Å²) in [5.74, 6) is -0.778. The first-order chi connectivity index (χ1) is 33.0. The van der Waals surface area contributed by atoms with E-state index in [9.17, 15) is 19.0 Å². The van der Waals surface area contributed by atoms with Crippen molar-refractivity contribution in [3.63, 3.8) is 0 Å². The van der Waals surface area contributed by atoms with Crippen molar-refractivity contribution in [2.24, 2.45) is 0 Å². The van der Waals surface area contributed by atoms with Crippen LogP contribution in [-0.4, -0.2) is 74.9 Å². The molecule has 0 saturated carbocycles. The molecule has 0 aliphatic rings. The predicted octanol–water partition coefficient (Wildman–Crippen LogP) is 18.3. The van der Waals surface area contributed by atoms with E-state index in [1.54, 1.807) is 0 Å². The number of rotatable bonds is 56. The minimum Gasteiger partial charge on any atom is -0.462 e. The lowest BCUT2D eigenvalue weighted by molar-refractivity contribution is -0.870. The van der Waals surface area contributed by atoms with Gasteiger partial charge in [-0.3, -0.25) is 18.6 Å². The lowest BCUT2D eigenvalue weighted by Gasteiger charge is -2.24. The summed E-state index contributed by atoms with van der Waals surface area (Å²) in [6, 6.07) is 0. The highest BCUT2D eigenvalue weighted by Gasteiger charge is 2.27. The van der Waals surface area contributed by atoms with Crippen LogP contribution in [0.15, 0.2) is 0 Å². The molecule has 0 saturated heterocycles. The Morgan fingerprint density at radius 3 is 0.941 bits per heavy atom. The maximum atomic E-state index is 12.8. The normalized spacial score (nSPS) is 13.2. The number of unbranched alkanes of at least 4 members (excludes halogenated alkanes) is 42. The maximum absolute atomic E-state index is 12.8. The van der Waals surface area contributed by atoms with Gasteiger partial charge in [0, 0.05) is 12.8 Å². The van der Waals surface area contributed by atoms with E-state index >= 15 is 0 Å². The second-order valence-corrected chi connectivity index (χ2v) is 23.2. The minimum atomic E-state index is -4.37. The number of quaternary nitrogens is 1. The molecule has 10 heteroatoms. The van der Waals surface area contributed by atoms with Gasteiger partial charge in [0.1, 0.15) is 19.8 Å². The van der Waals surface area contributed by atoms with Gasteiger partial charge >= 0.3 is 19.8 Å². The molecule has 68 heavy (non-hydrogen) atoms. The summed E-state index contributed by atoms with van der Waals surface area (Å²) in [4.78, 5) is 35.5. The second kappa shape index (κ2) is 50.9. The summed E-state index contributed by atoms with van der Waals surface area (Å²) in [6.45, 7) is 4.48. The van der Waals surface area contributed by atoms with Gasteiger partial charge in [-0.2, -0.15) is 0 Å². The molecule has 0 fully saturated rings. The third kappa shape index (κ3) is 54.3. The quantitative estimate of drug-likeness (QED) is 0.0278. The molecule has 0 radical (unpaired) electrons. The zero-order chi connectivity index (χ0) is 49.9. The van der Waals surface area contributed by atoms with Gasteiger partial charge in [0.15, 0.2) is 6.10 Å². The van der Waals surface area contributed by atoms with E-state index in [0.717, 1.165) is 38.5 Å². The van der Waals surface area contributed by atoms with Gasteiger partial charge in [-0.25, -0.2) is 4.57 Å². The molecule has 0 spiro atoms. The SMILES string of the molecule is CCCCCCCCCCCCCCCCCCCCCCCCCCCCCCCCCCCC(=O)OC(COC(=O)CCCCCCCCCCCCC)COP(=O)(O)OCC[N+](C)(C)C. The highest BCUT2D eigenvalue weighted by Crippen LogP contribution is 2.43. The predicted molar refractivity (Wildman–Crippen MR) is 289 cm³/mol. The van der Waals surface area contributed by atoms with Crippen molar-refractivity contribution in [2.45, 2.75) is 315 Å². The van der Waals surface area contributed by atoms with Gasteiger partial charge < -0.3 is 18.9 Å². The Kier molecular flexibility index (Phi) is 50.2. The van der Waals surface area contributed by atoms with Crippen molar-refractivity contribution < 1.29 is 42.1 Å². The number of likely N-dealkylation sites (N-methyl/N-ethyl adjacent to an activating group) is 1. The Hall–Kier alpha value is -0.990. The molecule has 0 amide bonds. The molecule has 0 aromatic rings. The van der Waals surface area contributed by atoms with Gasteiger partial charge in [-0.05, 0) is 12.8 Å². The molecule has 1 N–H and O–H groups in total. The van der Waals surface area contributed by atoms with Crippen molar-refractivity contribution in [1.29, 1.82) is 0 Å². The van der Waals surface area contributed by atoms with Crippen LogP contribution in [0.3, 0.4) is 0 Å². The summed E-state index contributed by atoms with van der Waals surface area (Å²) in [7, 11) is 1.50. The summed E-state index contributed by atoms with van der Waals surface area (Å²) in [5.41, 5.74) is 0. The molecular formula is C58H117NO8P+. The second-order valence-electron chi connectivity index (χ2n) is 21.8. The number of hydrogen-bond donors (Lipinski definition) is 1. The highest BCUT2D eigenvalue weighted by molar-refractivity contribution is 7.47. The van der Waals surface area contributed by atoms with E-state index in [2.05, 4.69) is 13.8 Å². The number of ether oxygens (including phenoxy) is 2. The van der Waals surface area contributed by atoms with Gasteiger partial charge in [-0.15, -0.1) is 0 Å². The Morgan fingerprint density at radius 2 is 0.662 bits per heavy atom. The molecule has 0 bridgehead atoms. The van der Waals surface area contributed by atoms with Crippen LogP contribution in [0.5, 0.6) is 0 Å². The molecular weight excluding hydrogens is 870 g/mol. The van der Waals surface area contributed by atoms with E-state index in [1.165, 1.54) is 244 Å². The summed E-state index contributed by atoms with van der Waals surface area (Å²) < 4.78 is 34.5. The first-order valence-electron chi connectivity index (χ1n) is 29.8. The van der Waals surface area contributed by atoms with E-state index in [1.807, 2.05) is 21.1 Å². The van der Waals surface area contributed by atoms with Crippen molar-refractivity contribution >= 4 is 19.8 Å². The van der Waals surface area contributed by atoms with Crippen molar-refractivity contribution in [3.05, 3.63) is 0 Å². The average Bonchev–Trinajstić information content (AvgIpc) is 3.30. The minimum absolute atomic E-state index is 0.0371. The Balaban J connectivity index is 3.90. The Bertz CT molecular complexity index is 1120. The van der Waals surface area contributed by atoms with Gasteiger partial charge in [-0.1, -0.05) is 284 Å². The fourth-order valence-corrected chi connectivity index (χ4v) is 9.76. The van der Waals surface area contributed by atoms with Crippen molar-refractivity contribution in [3.8, 4) is 0 Å². The molecule has 0 heterocycles. The van der Waals surface area contributed by atoms with Crippen LogP contribution < -0.4 is 0 Å². The summed E-state index contributed by atoms with van der Waals surface area (Å²) >= 11 is 0. The molecule has 9 nitrogen and oxygen atoms in total. The van der Waals surface area contributed by atoms with Crippen LogP contribution >= 0.6 is 7.82 Å². The molecule has 0 aliphatic heterocycles. The fraction of sp³-hybridized carbons (Fsp3) is 0.966. The lowest BCUT2D eigenvalue weighted by Crippen LogP contribution is -2.37. The van der Waals surface area contributed by atoms with Crippen molar-refractivity contribution in [2.75, 3.05) is 47.5 Å². The Labute approximate surface area is 423 Å². The van der Waals surface area contributed by atoms with Crippen LogP contribution in [-0.2, 0) is 32.7 Å². The van der Waals surface area contributed by atoms with E-state index in [0.29, 0.717) is 17.4 Å². The monoisotopic (exact) mass is 987 g/mol. The number of carbonyl (C=O) groups excluding carboxylic acids is 2. The third-order valence-electron chi connectivity index (χ3n) is 13.6.